The van der Waals surface area contributed by atoms with E-state index in [9.17, 15) is 4.79 Å². The molecule has 15 heavy (non-hydrogen) atoms. The van der Waals surface area contributed by atoms with Gasteiger partial charge in [-0.1, -0.05) is 38.1 Å². The first kappa shape index (κ1) is 13.7. The summed E-state index contributed by atoms with van der Waals surface area (Å²) in [5, 5.41) is 7.00. The lowest BCUT2D eigenvalue weighted by Crippen LogP contribution is -1.93. The van der Waals surface area contributed by atoms with Gasteiger partial charge >= 0.3 is 0 Å². The van der Waals surface area contributed by atoms with E-state index in [0.717, 1.165) is 12.7 Å². The van der Waals surface area contributed by atoms with E-state index < -0.39 is 0 Å². The van der Waals surface area contributed by atoms with Crippen LogP contribution in [-0.2, 0) is 16.1 Å². The summed E-state index contributed by atoms with van der Waals surface area (Å²) in [5.41, 5.74) is 2.31. The van der Waals surface area contributed by atoms with Gasteiger partial charge < -0.3 is 9.84 Å². The van der Waals surface area contributed by atoms with E-state index in [0.29, 0.717) is 19.0 Å². The number of carbonyl (C=O) groups is 1. The molecular formula is C12H18O3. The Labute approximate surface area is 90.7 Å². The van der Waals surface area contributed by atoms with Crippen molar-refractivity contribution in [1.82, 2.24) is 0 Å². The third-order valence-corrected chi connectivity index (χ3v) is 1.94. The van der Waals surface area contributed by atoms with Gasteiger partial charge in [-0.3, -0.25) is 4.79 Å². The number of ether oxygens (including phenoxy) is 1. The first-order valence-corrected chi connectivity index (χ1v) is 4.83. The lowest BCUT2D eigenvalue weighted by molar-refractivity contribution is -0.129. The van der Waals surface area contributed by atoms with Gasteiger partial charge in [0.25, 0.3) is 6.47 Å². The monoisotopic (exact) mass is 210 g/mol. The van der Waals surface area contributed by atoms with E-state index in [-0.39, 0.29) is 0 Å². The van der Waals surface area contributed by atoms with Crippen molar-refractivity contribution < 1.29 is 14.6 Å². The highest BCUT2D eigenvalue weighted by Gasteiger charge is 1.99. The average molecular weight is 210 g/mol. The lowest BCUT2D eigenvalue weighted by atomic mass is 10.0. The number of aliphatic hydroxyl groups is 1. The Bertz CT molecular complexity index is 282. The second kappa shape index (κ2) is 8.00. The highest BCUT2D eigenvalue weighted by atomic mass is 16.5. The summed E-state index contributed by atoms with van der Waals surface area (Å²) in [6, 6.07) is 8.08. The zero-order valence-electron chi connectivity index (χ0n) is 9.43. The van der Waals surface area contributed by atoms with Crippen LogP contribution in [0.2, 0.25) is 0 Å². The Balaban J connectivity index is 0.000000921. The fourth-order valence-electron chi connectivity index (χ4n) is 1.17. The molecule has 0 fully saturated rings. The van der Waals surface area contributed by atoms with Crippen molar-refractivity contribution in [2.75, 3.05) is 7.11 Å². The molecule has 0 amide bonds. The molecule has 0 aliphatic rings. The average Bonchev–Trinajstić information content (AvgIpc) is 2.29. The Morgan fingerprint density at radius 3 is 2.60 bits per heavy atom. The van der Waals surface area contributed by atoms with Crippen LogP contribution in [-0.4, -0.2) is 18.7 Å². The molecule has 0 saturated heterocycles. The van der Waals surface area contributed by atoms with Gasteiger partial charge in [0.05, 0.1) is 0 Å². The second-order valence-electron chi connectivity index (χ2n) is 3.31. The summed E-state index contributed by atoms with van der Waals surface area (Å²) in [6.45, 7) is 5.12. The Hall–Kier alpha value is -1.35. The predicted molar refractivity (Wildman–Crippen MR) is 59.5 cm³/mol. The maximum absolute atomic E-state index is 9.97. The quantitative estimate of drug-likeness (QED) is 0.774. The third kappa shape index (κ3) is 5.18. The zero-order chi connectivity index (χ0) is 11.7. The van der Waals surface area contributed by atoms with Gasteiger partial charge in [-0.15, -0.1) is 0 Å². The third-order valence-electron chi connectivity index (χ3n) is 1.94. The van der Waals surface area contributed by atoms with E-state index in [1.165, 1.54) is 5.56 Å². The Kier molecular flexibility index (Phi) is 7.28. The molecule has 0 spiro atoms. The molecule has 1 N–H and O–H groups in total. The number of rotatable bonds is 4. The second-order valence-corrected chi connectivity index (χ2v) is 3.31. The summed E-state index contributed by atoms with van der Waals surface area (Å²) in [7, 11) is 1.00. The molecule has 0 aromatic heterocycles. The number of hydrogen-bond donors (Lipinski definition) is 1. The molecule has 0 unspecified atom stereocenters. The van der Waals surface area contributed by atoms with Crippen molar-refractivity contribution >= 4 is 6.47 Å². The van der Waals surface area contributed by atoms with Crippen LogP contribution in [0.1, 0.15) is 30.9 Å². The van der Waals surface area contributed by atoms with Crippen molar-refractivity contribution in [3.8, 4) is 0 Å². The number of carbonyl (C=O) groups excluding carboxylic acids is 1. The molecule has 84 valence electrons. The van der Waals surface area contributed by atoms with Crippen LogP contribution in [0.3, 0.4) is 0 Å². The van der Waals surface area contributed by atoms with E-state index in [1.54, 1.807) is 0 Å². The minimum absolute atomic E-state index is 0.365. The van der Waals surface area contributed by atoms with Crippen LogP contribution < -0.4 is 0 Å². The van der Waals surface area contributed by atoms with E-state index in [4.69, 9.17) is 5.11 Å². The summed E-state index contributed by atoms with van der Waals surface area (Å²) >= 11 is 0. The Morgan fingerprint density at radius 1 is 1.40 bits per heavy atom. The first-order chi connectivity index (χ1) is 7.24. The molecular weight excluding hydrogens is 192 g/mol. The first-order valence-electron chi connectivity index (χ1n) is 4.83. The number of benzene rings is 1. The van der Waals surface area contributed by atoms with Gasteiger partial charge in [0.1, 0.15) is 6.61 Å². The molecule has 0 aliphatic heterocycles. The van der Waals surface area contributed by atoms with Crippen molar-refractivity contribution in [2.45, 2.75) is 26.4 Å². The van der Waals surface area contributed by atoms with Gasteiger partial charge in [0.15, 0.2) is 0 Å². The van der Waals surface area contributed by atoms with Crippen molar-refractivity contribution in [3.63, 3.8) is 0 Å². The molecule has 0 aliphatic carbocycles. The smallest absolute Gasteiger partial charge is 0.293 e. The molecule has 0 bridgehead atoms. The standard InChI is InChI=1S/C11H14O2.CH4O/c1-9(2)11-5-3-4-10(6-11)7-13-8-12;1-2/h3-6,8-9H,7H2,1-2H3;2H,1H3. The van der Waals surface area contributed by atoms with Gasteiger partial charge in [0.2, 0.25) is 0 Å². The highest BCUT2D eigenvalue weighted by Crippen LogP contribution is 2.15. The van der Waals surface area contributed by atoms with Gasteiger partial charge in [-0.2, -0.15) is 0 Å². The summed E-state index contributed by atoms with van der Waals surface area (Å²) in [4.78, 5) is 9.97. The Morgan fingerprint density at radius 2 is 2.07 bits per heavy atom. The van der Waals surface area contributed by atoms with Crippen molar-refractivity contribution in [1.29, 1.82) is 0 Å². The largest absolute Gasteiger partial charge is 0.463 e. The van der Waals surface area contributed by atoms with Gasteiger partial charge in [-0.25, -0.2) is 0 Å². The molecule has 0 atom stereocenters. The minimum Gasteiger partial charge on any atom is -0.463 e. The lowest BCUT2D eigenvalue weighted by Gasteiger charge is -2.06. The fourth-order valence-corrected chi connectivity index (χ4v) is 1.17. The molecule has 3 nitrogen and oxygen atoms in total. The maximum Gasteiger partial charge on any atom is 0.293 e. The van der Waals surface area contributed by atoms with E-state index >= 15 is 0 Å². The molecule has 3 heteroatoms. The van der Waals surface area contributed by atoms with Crippen molar-refractivity contribution in [3.05, 3.63) is 35.4 Å². The van der Waals surface area contributed by atoms with Crippen LogP contribution in [0.4, 0.5) is 0 Å². The summed E-state index contributed by atoms with van der Waals surface area (Å²) < 4.78 is 4.67. The number of aliphatic hydroxyl groups excluding tert-OH is 1. The van der Waals surface area contributed by atoms with Crippen LogP contribution >= 0.6 is 0 Å². The highest BCUT2D eigenvalue weighted by molar-refractivity contribution is 5.37. The van der Waals surface area contributed by atoms with Gasteiger partial charge in [0, 0.05) is 7.11 Å². The summed E-state index contributed by atoms with van der Waals surface area (Å²) in [6.07, 6.45) is 0. The van der Waals surface area contributed by atoms with Crippen molar-refractivity contribution in [2.24, 2.45) is 0 Å². The molecule has 1 aromatic rings. The van der Waals surface area contributed by atoms with Crippen LogP contribution in [0, 0.1) is 0 Å². The van der Waals surface area contributed by atoms with Crippen LogP contribution in [0.25, 0.3) is 0 Å². The van der Waals surface area contributed by atoms with Crippen LogP contribution in [0.5, 0.6) is 0 Å². The normalized spacial score (nSPS) is 9.13. The van der Waals surface area contributed by atoms with E-state index in [1.807, 2.05) is 12.1 Å². The molecule has 0 heterocycles. The predicted octanol–water partition coefficient (Wildman–Crippen LogP) is 2.09. The maximum atomic E-state index is 9.97. The molecule has 1 rings (SSSR count). The summed E-state index contributed by atoms with van der Waals surface area (Å²) in [5.74, 6) is 0.510. The minimum atomic E-state index is 0.365. The SMILES string of the molecule is CC(C)c1cccc(COC=O)c1.CO. The molecule has 1 aromatic carbocycles. The van der Waals surface area contributed by atoms with Gasteiger partial charge in [-0.05, 0) is 17.0 Å². The molecule has 0 saturated carbocycles. The number of hydrogen-bond acceptors (Lipinski definition) is 3. The fraction of sp³-hybridized carbons (Fsp3) is 0.417. The molecule has 0 radical (unpaired) electrons. The van der Waals surface area contributed by atoms with E-state index in [2.05, 4.69) is 30.7 Å². The topological polar surface area (TPSA) is 46.5 Å². The van der Waals surface area contributed by atoms with Crippen LogP contribution in [0.15, 0.2) is 24.3 Å². The zero-order valence-corrected chi connectivity index (χ0v) is 9.43.